The van der Waals surface area contributed by atoms with Crippen molar-refractivity contribution in [3.8, 4) is 11.8 Å². The van der Waals surface area contributed by atoms with Crippen LogP contribution in [-0.2, 0) is 17.8 Å². The number of aryl methyl sites for hydroxylation is 1. The van der Waals surface area contributed by atoms with E-state index in [1.165, 1.54) is 17.1 Å². The predicted molar refractivity (Wildman–Crippen MR) is 113 cm³/mol. The van der Waals surface area contributed by atoms with Crippen molar-refractivity contribution in [2.75, 3.05) is 5.32 Å². The number of hydrogen-bond acceptors (Lipinski definition) is 6. The Kier molecular flexibility index (Phi) is 6.91. The number of aromatic nitrogens is 6. The van der Waals surface area contributed by atoms with Crippen LogP contribution in [0.3, 0.4) is 0 Å². The normalized spacial score (nSPS) is 10.8. The molecular formula is C21H25N7O2. The minimum atomic E-state index is -0.367. The van der Waals surface area contributed by atoms with E-state index in [0.29, 0.717) is 17.0 Å². The molecule has 0 aliphatic heterocycles. The number of amides is 1. The van der Waals surface area contributed by atoms with E-state index in [1.54, 1.807) is 16.6 Å². The highest BCUT2D eigenvalue weighted by Gasteiger charge is 2.17. The van der Waals surface area contributed by atoms with Gasteiger partial charge in [-0.25, -0.2) is 9.20 Å². The largest absolute Gasteiger partial charge is 0.323 e. The van der Waals surface area contributed by atoms with Crippen LogP contribution in [0, 0.1) is 11.8 Å². The van der Waals surface area contributed by atoms with E-state index >= 15 is 0 Å². The predicted octanol–water partition coefficient (Wildman–Crippen LogP) is 2.18. The van der Waals surface area contributed by atoms with E-state index in [0.717, 1.165) is 31.4 Å². The Labute approximate surface area is 174 Å². The summed E-state index contributed by atoms with van der Waals surface area (Å²) in [6.45, 7) is 5.59. The molecule has 0 fully saturated rings. The van der Waals surface area contributed by atoms with Gasteiger partial charge in [0.15, 0.2) is 5.82 Å². The molecule has 0 aliphatic carbocycles. The second kappa shape index (κ2) is 9.78. The molecule has 0 aliphatic rings. The molecule has 3 heterocycles. The van der Waals surface area contributed by atoms with Gasteiger partial charge in [-0.15, -0.1) is 11.8 Å². The topological polar surface area (TPSA) is 107 Å². The summed E-state index contributed by atoms with van der Waals surface area (Å²) in [7, 11) is 0. The summed E-state index contributed by atoms with van der Waals surface area (Å²) in [6.07, 6.45) is 6.47. The van der Waals surface area contributed by atoms with E-state index in [-0.39, 0.29) is 23.9 Å². The fourth-order valence-corrected chi connectivity index (χ4v) is 3.04. The van der Waals surface area contributed by atoms with Gasteiger partial charge < -0.3 is 5.32 Å². The third-order valence-electron chi connectivity index (χ3n) is 4.49. The second-order valence-electron chi connectivity index (χ2n) is 7.22. The van der Waals surface area contributed by atoms with E-state index in [4.69, 9.17) is 0 Å². The number of fused-ring (bicyclic) bond motifs is 1. The Hall–Kier alpha value is -3.54. The Bertz CT molecular complexity index is 1140. The van der Waals surface area contributed by atoms with Crippen LogP contribution in [0.2, 0.25) is 0 Å². The van der Waals surface area contributed by atoms with Crippen LogP contribution in [0.15, 0.2) is 29.3 Å². The molecule has 3 aromatic heterocycles. The maximum atomic E-state index is 12.9. The maximum absolute atomic E-state index is 12.9. The molecule has 3 rings (SSSR count). The molecule has 0 saturated heterocycles. The zero-order valence-corrected chi connectivity index (χ0v) is 17.4. The number of rotatable bonds is 8. The Balaban J connectivity index is 1.84. The van der Waals surface area contributed by atoms with Crippen molar-refractivity contribution in [3.05, 3.63) is 46.4 Å². The van der Waals surface area contributed by atoms with Gasteiger partial charge in [0.1, 0.15) is 12.1 Å². The first-order chi connectivity index (χ1) is 14.5. The van der Waals surface area contributed by atoms with Gasteiger partial charge in [0.2, 0.25) is 5.91 Å². The van der Waals surface area contributed by atoms with Gasteiger partial charge in [-0.2, -0.15) is 20.4 Å². The minimum Gasteiger partial charge on any atom is -0.323 e. The van der Waals surface area contributed by atoms with Crippen molar-refractivity contribution in [2.24, 2.45) is 0 Å². The molecule has 0 aromatic carbocycles. The van der Waals surface area contributed by atoms with Gasteiger partial charge in [-0.3, -0.25) is 9.59 Å². The standard InChI is InChI=1S/C21H25N7O2/c1-4-5-6-7-8-9-16-12-18-21(30)27(26-20(15(2)3)28(18)25-16)14-19(29)24-17-10-11-22-23-13-17/h10-13,15H,6-9,14H2,1-3H3,(H,22,24,29). The van der Waals surface area contributed by atoms with E-state index in [1.807, 2.05) is 20.8 Å². The number of nitrogens with one attached hydrogen (secondary N) is 1. The zero-order chi connectivity index (χ0) is 21.5. The van der Waals surface area contributed by atoms with Crippen molar-refractivity contribution >= 4 is 17.1 Å². The van der Waals surface area contributed by atoms with E-state index in [9.17, 15) is 9.59 Å². The highest BCUT2D eigenvalue weighted by Crippen LogP contribution is 2.14. The van der Waals surface area contributed by atoms with Crippen molar-refractivity contribution in [2.45, 2.75) is 58.9 Å². The number of anilines is 1. The molecule has 3 aromatic rings. The summed E-state index contributed by atoms with van der Waals surface area (Å²) in [4.78, 5) is 25.3. The van der Waals surface area contributed by atoms with Crippen LogP contribution in [-0.4, -0.2) is 35.5 Å². The van der Waals surface area contributed by atoms with Crippen molar-refractivity contribution < 1.29 is 4.79 Å². The lowest BCUT2D eigenvalue weighted by Crippen LogP contribution is -2.32. The average Bonchev–Trinajstić information content (AvgIpc) is 3.15. The zero-order valence-electron chi connectivity index (χ0n) is 17.4. The summed E-state index contributed by atoms with van der Waals surface area (Å²) in [5.41, 5.74) is 1.42. The van der Waals surface area contributed by atoms with Crippen molar-refractivity contribution in [3.63, 3.8) is 0 Å². The molecule has 1 N–H and O–H groups in total. The van der Waals surface area contributed by atoms with E-state index < -0.39 is 0 Å². The lowest BCUT2D eigenvalue weighted by atomic mass is 10.1. The second-order valence-corrected chi connectivity index (χ2v) is 7.22. The summed E-state index contributed by atoms with van der Waals surface area (Å²) < 4.78 is 2.80. The molecule has 0 saturated carbocycles. The van der Waals surface area contributed by atoms with Crippen LogP contribution in [0.4, 0.5) is 5.69 Å². The number of nitrogens with zero attached hydrogens (tertiary/aromatic N) is 6. The van der Waals surface area contributed by atoms with Gasteiger partial charge in [0.05, 0.1) is 23.8 Å². The molecular weight excluding hydrogens is 382 g/mol. The first-order valence-corrected chi connectivity index (χ1v) is 9.95. The molecule has 0 unspecified atom stereocenters. The smallest absolute Gasteiger partial charge is 0.293 e. The summed E-state index contributed by atoms with van der Waals surface area (Å²) in [5.74, 6) is 6.23. The summed E-state index contributed by atoms with van der Waals surface area (Å²) >= 11 is 0. The number of carbonyl (C=O) groups is 1. The average molecular weight is 407 g/mol. The summed E-state index contributed by atoms with van der Waals surface area (Å²) in [6, 6.07) is 3.42. The van der Waals surface area contributed by atoms with Gasteiger partial charge in [-0.1, -0.05) is 13.8 Å². The quantitative estimate of drug-likeness (QED) is 0.453. The van der Waals surface area contributed by atoms with Crippen molar-refractivity contribution in [1.82, 2.24) is 29.6 Å². The first-order valence-electron chi connectivity index (χ1n) is 9.95. The third kappa shape index (κ3) is 5.08. The highest BCUT2D eigenvalue weighted by molar-refractivity contribution is 5.90. The van der Waals surface area contributed by atoms with Gasteiger partial charge in [0.25, 0.3) is 5.56 Å². The van der Waals surface area contributed by atoms with E-state index in [2.05, 4.69) is 37.6 Å². The molecule has 1 amide bonds. The Morgan fingerprint density at radius 1 is 1.23 bits per heavy atom. The first kappa shape index (κ1) is 21.2. The number of carbonyl (C=O) groups excluding carboxylic acids is 1. The van der Waals surface area contributed by atoms with Crippen LogP contribution < -0.4 is 10.9 Å². The summed E-state index contributed by atoms with van der Waals surface area (Å²) in [5, 5.41) is 19.1. The SMILES string of the molecule is CC#CCCCCc1cc2c(=O)n(CC(=O)Nc3ccnnc3)nc(C(C)C)n2n1. The molecule has 0 atom stereocenters. The molecule has 30 heavy (non-hydrogen) atoms. The van der Waals surface area contributed by atoms with Gasteiger partial charge in [0, 0.05) is 12.3 Å². The lowest BCUT2D eigenvalue weighted by Gasteiger charge is -2.11. The number of unbranched alkanes of at least 4 members (excludes halogenated alkanes) is 2. The lowest BCUT2D eigenvalue weighted by molar-refractivity contribution is -0.117. The molecule has 9 heteroatoms. The van der Waals surface area contributed by atoms with Crippen LogP contribution in [0.5, 0.6) is 0 Å². The monoisotopic (exact) mass is 407 g/mol. The molecule has 156 valence electrons. The van der Waals surface area contributed by atoms with Crippen molar-refractivity contribution in [1.29, 1.82) is 0 Å². The molecule has 0 spiro atoms. The van der Waals surface area contributed by atoms with Gasteiger partial charge >= 0.3 is 0 Å². The fraction of sp³-hybridized carbons (Fsp3) is 0.429. The molecule has 9 nitrogen and oxygen atoms in total. The third-order valence-corrected chi connectivity index (χ3v) is 4.49. The molecule has 0 bridgehead atoms. The van der Waals surface area contributed by atoms with Gasteiger partial charge in [-0.05, 0) is 38.3 Å². The molecule has 0 radical (unpaired) electrons. The van der Waals surface area contributed by atoms with Crippen LogP contribution in [0.25, 0.3) is 5.52 Å². The van der Waals surface area contributed by atoms with Crippen LogP contribution >= 0.6 is 0 Å². The fourth-order valence-electron chi connectivity index (χ4n) is 3.04. The van der Waals surface area contributed by atoms with Crippen LogP contribution in [0.1, 0.15) is 57.5 Å². The Morgan fingerprint density at radius 3 is 2.77 bits per heavy atom. The maximum Gasteiger partial charge on any atom is 0.293 e. The number of hydrogen-bond donors (Lipinski definition) is 1. The minimum absolute atomic E-state index is 0.0272. The highest BCUT2D eigenvalue weighted by atomic mass is 16.2. The Morgan fingerprint density at radius 2 is 2.07 bits per heavy atom.